The Morgan fingerprint density at radius 3 is 1.59 bits per heavy atom. The predicted octanol–water partition coefficient (Wildman–Crippen LogP) is 4.54. The molecule has 22 heavy (non-hydrogen) atoms. The van der Waals surface area contributed by atoms with Crippen LogP contribution in [0.4, 0.5) is 0 Å². The normalized spacial score (nSPS) is 36.0. The maximum atomic E-state index is 2.99. The van der Waals surface area contributed by atoms with E-state index in [0.717, 1.165) is 24.0 Å². The van der Waals surface area contributed by atoms with Crippen molar-refractivity contribution in [3.05, 3.63) is 0 Å². The van der Waals surface area contributed by atoms with E-state index in [1.165, 1.54) is 51.6 Å². The molecule has 3 aliphatic rings. The van der Waals surface area contributed by atoms with Gasteiger partial charge in [0, 0.05) is 36.8 Å². The van der Waals surface area contributed by atoms with Crippen LogP contribution in [-0.4, -0.2) is 46.6 Å². The minimum absolute atomic E-state index is 0.350. The largest absolute Gasteiger partial charge is 0.298 e. The first-order chi connectivity index (χ1) is 10.2. The van der Waals surface area contributed by atoms with E-state index < -0.39 is 0 Å². The van der Waals surface area contributed by atoms with Gasteiger partial charge in [0.1, 0.15) is 0 Å². The van der Waals surface area contributed by atoms with Crippen molar-refractivity contribution in [3.63, 3.8) is 0 Å². The zero-order chi connectivity index (χ0) is 16.1. The fourth-order valence-electron chi connectivity index (χ4n) is 5.35. The number of rotatable bonds is 1. The second-order valence-electron chi connectivity index (χ2n) is 10.3. The summed E-state index contributed by atoms with van der Waals surface area (Å²) in [5.41, 5.74) is 0.853. The van der Waals surface area contributed by atoms with Gasteiger partial charge in [0.2, 0.25) is 0 Å². The maximum Gasteiger partial charge on any atom is 0.0125 e. The first-order valence-corrected chi connectivity index (χ1v) is 9.69. The molecule has 2 unspecified atom stereocenters. The fraction of sp³-hybridized carbons (Fsp3) is 1.00. The molecule has 0 saturated carbocycles. The van der Waals surface area contributed by atoms with Crippen molar-refractivity contribution in [2.24, 2.45) is 11.3 Å². The fourth-order valence-corrected chi connectivity index (χ4v) is 5.35. The Morgan fingerprint density at radius 2 is 1.18 bits per heavy atom. The molecule has 0 aromatic carbocycles. The second-order valence-corrected chi connectivity index (χ2v) is 10.3. The molecule has 0 amide bonds. The van der Waals surface area contributed by atoms with Crippen LogP contribution in [0.5, 0.6) is 0 Å². The van der Waals surface area contributed by atoms with E-state index in [1.54, 1.807) is 0 Å². The Hall–Kier alpha value is -0.0800. The van der Waals surface area contributed by atoms with Gasteiger partial charge in [-0.25, -0.2) is 0 Å². The highest BCUT2D eigenvalue weighted by molar-refractivity contribution is 5.01. The Balaban J connectivity index is 1.61. The van der Waals surface area contributed by atoms with Crippen molar-refractivity contribution >= 4 is 0 Å². The SMILES string of the molecule is CC(C)(C)C1CC2CCC(C1)N2C1CCN(C(C)(C)C)CC1. The lowest BCUT2D eigenvalue weighted by atomic mass is 9.72. The number of piperidine rings is 2. The van der Waals surface area contributed by atoms with Gasteiger partial charge in [-0.1, -0.05) is 20.8 Å². The summed E-state index contributed by atoms with van der Waals surface area (Å²) in [6.07, 6.45) is 8.64. The standard InChI is InChI=1S/C20H38N2/c1-19(2,3)15-13-17-7-8-18(14-15)22(17)16-9-11-21(12-10-16)20(4,5)6/h15-18H,7-14H2,1-6H3. The third-order valence-electron chi connectivity index (χ3n) is 6.85. The molecule has 3 rings (SSSR count). The molecule has 2 bridgehead atoms. The topological polar surface area (TPSA) is 6.48 Å². The highest BCUT2D eigenvalue weighted by Crippen LogP contribution is 2.47. The summed E-state index contributed by atoms with van der Waals surface area (Å²) < 4.78 is 0. The van der Waals surface area contributed by atoms with Crippen molar-refractivity contribution in [2.45, 2.75) is 104 Å². The molecule has 3 aliphatic heterocycles. The van der Waals surface area contributed by atoms with Crippen molar-refractivity contribution < 1.29 is 0 Å². The van der Waals surface area contributed by atoms with E-state index in [0.29, 0.717) is 11.0 Å². The Bertz CT molecular complexity index is 367. The van der Waals surface area contributed by atoms with Gasteiger partial charge in [-0.2, -0.15) is 0 Å². The molecule has 2 nitrogen and oxygen atoms in total. The molecule has 2 atom stereocenters. The lowest BCUT2D eigenvalue weighted by Crippen LogP contribution is -2.56. The quantitative estimate of drug-likeness (QED) is 0.702. The number of hydrogen-bond donors (Lipinski definition) is 0. The summed E-state index contributed by atoms with van der Waals surface area (Å²) in [5, 5.41) is 0. The number of fused-ring (bicyclic) bond motifs is 2. The van der Waals surface area contributed by atoms with Crippen LogP contribution < -0.4 is 0 Å². The summed E-state index contributed by atoms with van der Waals surface area (Å²) in [6, 6.07) is 2.67. The molecule has 0 radical (unpaired) electrons. The molecular weight excluding hydrogens is 268 g/mol. The minimum atomic E-state index is 0.350. The molecule has 0 aromatic heterocycles. The van der Waals surface area contributed by atoms with Crippen molar-refractivity contribution in [2.75, 3.05) is 13.1 Å². The third kappa shape index (κ3) is 3.24. The van der Waals surface area contributed by atoms with Gasteiger partial charge in [-0.15, -0.1) is 0 Å². The summed E-state index contributed by atoms with van der Waals surface area (Å²) >= 11 is 0. The van der Waals surface area contributed by atoms with Crippen molar-refractivity contribution in [3.8, 4) is 0 Å². The van der Waals surface area contributed by atoms with Crippen molar-refractivity contribution in [1.82, 2.24) is 9.80 Å². The molecule has 0 N–H and O–H groups in total. The van der Waals surface area contributed by atoms with E-state index in [1.807, 2.05) is 0 Å². The average molecular weight is 307 g/mol. The lowest BCUT2D eigenvalue weighted by molar-refractivity contribution is -0.0103. The Kier molecular flexibility index (Phi) is 4.40. The van der Waals surface area contributed by atoms with Crippen LogP contribution in [0.1, 0.15) is 80.1 Å². The molecule has 3 saturated heterocycles. The number of nitrogens with zero attached hydrogens (tertiary/aromatic N) is 2. The zero-order valence-corrected chi connectivity index (χ0v) is 15.9. The van der Waals surface area contributed by atoms with Crippen LogP contribution in [0.25, 0.3) is 0 Å². The van der Waals surface area contributed by atoms with Crippen LogP contribution in [0.15, 0.2) is 0 Å². The van der Waals surface area contributed by atoms with Gasteiger partial charge >= 0.3 is 0 Å². The zero-order valence-electron chi connectivity index (χ0n) is 15.9. The monoisotopic (exact) mass is 306 g/mol. The van der Waals surface area contributed by atoms with Crippen LogP contribution >= 0.6 is 0 Å². The summed E-state index contributed by atoms with van der Waals surface area (Å²) in [5.74, 6) is 0.941. The van der Waals surface area contributed by atoms with E-state index >= 15 is 0 Å². The first-order valence-electron chi connectivity index (χ1n) is 9.69. The first kappa shape index (κ1) is 16.8. The van der Waals surface area contributed by atoms with Crippen LogP contribution in [0, 0.1) is 11.3 Å². The molecule has 128 valence electrons. The summed E-state index contributed by atoms with van der Waals surface area (Å²) in [7, 11) is 0. The lowest BCUT2D eigenvalue weighted by Gasteiger charge is -2.50. The molecule has 0 aliphatic carbocycles. The second kappa shape index (κ2) is 5.77. The molecule has 3 heterocycles. The van der Waals surface area contributed by atoms with Crippen molar-refractivity contribution in [1.29, 1.82) is 0 Å². The van der Waals surface area contributed by atoms with Crippen LogP contribution in [0.3, 0.4) is 0 Å². The van der Waals surface area contributed by atoms with E-state index in [4.69, 9.17) is 0 Å². The van der Waals surface area contributed by atoms with Gasteiger partial charge in [0.05, 0.1) is 0 Å². The van der Waals surface area contributed by atoms with Crippen LogP contribution in [0.2, 0.25) is 0 Å². The van der Waals surface area contributed by atoms with Gasteiger partial charge < -0.3 is 0 Å². The number of likely N-dealkylation sites (tertiary alicyclic amines) is 1. The summed E-state index contributed by atoms with van der Waals surface area (Å²) in [6.45, 7) is 17.1. The van der Waals surface area contributed by atoms with Gasteiger partial charge in [0.15, 0.2) is 0 Å². The smallest absolute Gasteiger partial charge is 0.0125 e. The maximum absolute atomic E-state index is 2.99. The third-order valence-corrected chi connectivity index (χ3v) is 6.85. The molecule has 0 aromatic rings. The summed E-state index contributed by atoms with van der Waals surface area (Å²) in [4.78, 5) is 5.68. The molecule has 3 fully saturated rings. The predicted molar refractivity (Wildman–Crippen MR) is 95.2 cm³/mol. The highest BCUT2D eigenvalue weighted by atomic mass is 15.3. The van der Waals surface area contributed by atoms with E-state index in [-0.39, 0.29) is 0 Å². The van der Waals surface area contributed by atoms with Gasteiger partial charge in [-0.3, -0.25) is 9.80 Å². The molecule has 2 heteroatoms. The van der Waals surface area contributed by atoms with Gasteiger partial charge in [-0.05, 0) is 70.6 Å². The van der Waals surface area contributed by atoms with E-state index in [9.17, 15) is 0 Å². The number of hydrogen-bond acceptors (Lipinski definition) is 2. The average Bonchev–Trinajstić information content (AvgIpc) is 2.66. The minimum Gasteiger partial charge on any atom is -0.298 e. The molecular formula is C20H38N2. The van der Waals surface area contributed by atoms with Gasteiger partial charge in [0.25, 0.3) is 0 Å². The Morgan fingerprint density at radius 1 is 0.682 bits per heavy atom. The van der Waals surface area contributed by atoms with E-state index in [2.05, 4.69) is 51.3 Å². The highest BCUT2D eigenvalue weighted by Gasteiger charge is 2.46. The Labute approximate surface area is 138 Å². The van der Waals surface area contributed by atoms with Crippen LogP contribution in [-0.2, 0) is 0 Å². The molecule has 0 spiro atoms.